The van der Waals surface area contributed by atoms with E-state index in [4.69, 9.17) is 0 Å². The van der Waals surface area contributed by atoms with Crippen LogP contribution in [0.3, 0.4) is 0 Å². The first-order valence-electron chi connectivity index (χ1n) is 10.4. The van der Waals surface area contributed by atoms with E-state index in [0.29, 0.717) is 5.92 Å². The number of hydrogen-bond acceptors (Lipinski definition) is 2. The van der Waals surface area contributed by atoms with Crippen molar-refractivity contribution in [2.45, 2.75) is 98.3 Å². The van der Waals surface area contributed by atoms with Gasteiger partial charge in [0.05, 0.1) is 0 Å². The van der Waals surface area contributed by atoms with Gasteiger partial charge in [0, 0.05) is 5.56 Å². The standard InChI is InChI=1S/C23H40O2/c1-18(2)12-9-7-5-6-8-10-15-21-22(24)16-20(17-23(21)25)14-11-13-19(3)4/h16-19,24-25H,5-15H2,1-4H3. The normalized spacial score (nSPS) is 11.6. The van der Waals surface area contributed by atoms with Gasteiger partial charge in [0.25, 0.3) is 0 Å². The predicted octanol–water partition coefficient (Wildman–Crippen LogP) is 7.01. The second-order valence-electron chi connectivity index (χ2n) is 8.45. The molecule has 0 bridgehead atoms. The van der Waals surface area contributed by atoms with Crippen LogP contribution >= 0.6 is 0 Å². The molecule has 0 radical (unpaired) electrons. The Morgan fingerprint density at radius 1 is 0.640 bits per heavy atom. The maximum absolute atomic E-state index is 10.2. The molecular formula is C23H40O2. The third kappa shape index (κ3) is 9.77. The maximum atomic E-state index is 10.2. The fourth-order valence-electron chi connectivity index (χ4n) is 3.37. The van der Waals surface area contributed by atoms with Crippen molar-refractivity contribution >= 4 is 0 Å². The lowest BCUT2D eigenvalue weighted by atomic mass is 9.98. The molecule has 0 saturated carbocycles. The summed E-state index contributed by atoms with van der Waals surface area (Å²) in [6.07, 6.45) is 12.8. The number of unbranched alkanes of at least 4 members (excludes halogenated alkanes) is 5. The van der Waals surface area contributed by atoms with Crippen LogP contribution in [0.4, 0.5) is 0 Å². The number of benzene rings is 1. The van der Waals surface area contributed by atoms with E-state index in [-0.39, 0.29) is 11.5 Å². The van der Waals surface area contributed by atoms with Gasteiger partial charge in [-0.25, -0.2) is 0 Å². The summed E-state index contributed by atoms with van der Waals surface area (Å²) in [5.41, 5.74) is 1.77. The van der Waals surface area contributed by atoms with Crippen molar-refractivity contribution in [1.82, 2.24) is 0 Å². The molecule has 0 atom stereocenters. The molecule has 2 N–H and O–H groups in total. The minimum absolute atomic E-state index is 0.275. The van der Waals surface area contributed by atoms with E-state index in [9.17, 15) is 10.2 Å². The highest BCUT2D eigenvalue weighted by molar-refractivity contribution is 5.46. The van der Waals surface area contributed by atoms with E-state index in [2.05, 4.69) is 27.7 Å². The van der Waals surface area contributed by atoms with Crippen LogP contribution in [0.5, 0.6) is 11.5 Å². The summed E-state index contributed by atoms with van der Waals surface area (Å²) in [6, 6.07) is 3.70. The highest BCUT2D eigenvalue weighted by Crippen LogP contribution is 2.31. The molecule has 1 aromatic carbocycles. The fraction of sp³-hybridized carbons (Fsp3) is 0.739. The van der Waals surface area contributed by atoms with Crippen LogP contribution < -0.4 is 0 Å². The van der Waals surface area contributed by atoms with E-state index in [1.165, 1.54) is 44.9 Å². The van der Waals surface area contributed by atoms with Gasteiger partial charge in [-0.3, -0.25) is 0 Å². The quantitative estimate of drug-likeness (QED) is 0.376. The van der Waals surface area contributed by atoms with Crippen LogP contribution in [0.25, 0.3) is 0 Å². The molecule has 0 unspecified atom stereocenters. The van der Waals surface area contributed by atoms with Crippen LogP contribution in [-0.4, -0.2) is 10.2 Å². The second-order valence-corrected chi connectivity index (χ2v) is 8.45. The zero-order valence-electron chi connectivity index (χ0n) is 17.0. The first-order valence-corrected chi connectivity index (χ1v) is 10.4. The molecule has 0 aromatic heterocycles. The van der Waals surface area contributed by atoms with Crippen LogP contribution in [0, 0.1) is 11.8 Å². The van der Waals surface area contributed by atoms with Crippen LogP contribution in [0.2, 0.25) is 0 Å². The molecule has 0 fully saturated rings. The van der Waals surface area contributed by atoms with Crippen molar-refractivity contribution in [3.8, 4) is 11.5 Å². The summed E-state index contributed by atoms with van der Waals surface area (Å²) < 4.78 is 0. The van der Waals surface area contributed by atoms with Gasteiger partial charge in [-0.15, -0.1) is 0 Å². The molecule has 0 aliphatic heterocycles. The van der Waals surface area contributed by atoms with Crippen molar-refractivity contribution in [3.05, 3.63) is 23.3 Å². The van der Waals surface area contributed by atoms with Gasteiger partial charge >= 0.3 is 0 Å². The maximum Gasteiger partial charge on any atom is 0.122 e. The Labute approximate surface area is 155 Å². The molecule has 1 aromatic rings. The Morgan fingerprint density at radius 2 is 1.12 bits per heavy atom. The molecule has 25 heavy (non-hydrogen) atoms. The fourth-order valence-corrected chi connectivity index (χ4v) is 3.37. The van der Waals surface area contributed by atoms with E-state index in [1.54, 1.807) is 0 Å². The van der Waals surface area contributed by atoms with Gasteiger partial charge in [0.15, 0.2) is 0 Å². The number of aryl methyl sites for hydroxylation is 1. The topological polar surface area (TPSA) is 40.5 Å². The summed E-state index contributed by atoms with van der Waals surface area (Å²) in [6.45, 7) is 9.02. The average Bonchev–Trinajstić information content (AvgIpc) is 2.51. The average molecular weight is 349 g/mol. The molecule has 144 valence electrons. The number of phenolic OH excluding ortho intramolecular Hbond substituents is 2. The van der Waals surface area contributed by atoms with Crippen molar-refractivity contribution in [1.29, 1.82) is 0 Å². The predicted molar refractivity (Wildman–Crippen MR) is 108 cm³/mol. The molecule has 1 rings (SSSR count). The first kappa shape index (κ1) is 21.9. The molecule has 0 spiro atoms. The monoisotopic (exact) mass is 348 g/mol. The number of rotatable bonds is 13. The number of aromatic hydroxyl groups is 2. The molecule has 0 saturated heterocycles. The van der Waals surface area contributed by atoms with Gasteiger partial charge in [0.2, 0.25) is 0 Å². The zero-order chi connectivity index (χ0) is 18.7. The van der Waals surface area contributed by atoms with Crippen molar-refractivity contribution in [3.63, 3.8) is 0 Å². The molecule has 0 heterocycles. The van der Waals surface area contributed by atoms with E-state index >= 15 is 0 Å². The lowest BCUT2D eigenvalue weighted by Crippen LogP contribution is -1.94. The number of phenols is 2. The lowest BCUT2D eigenvalue weighted by molar-refractivity contribution is 0.433. The summed E-state index contributed by atoms with van der Waals surface area (Å²) in [5.74, 6) is 2.07. The minimum Gasteiger partial charge on any atom is -0.508 e. The van der Waals surface area contributed by atoms with Gasteiger partial charge < -0.3 is 10.2 Å². The smallest absolute Gasteiger partial charge is 0.122 e. The zero-order valence-corrected chi connectivity index (χ0v) is 17.0. The Balaban J connectivity index is 2.29. The lowest BCUT2D eigenvalue weighted by Gasteiger charge is -2.11. The van der Waals surface area contributed by atoms with Crippen LogP contribution in [-0.2, 0) is 12.8 Å². The van der Waals surface area contributed by atoms with Crippen molar-refractivity contribution < 1.29 is 10.2 Å². The van der Waals surface area contributed by atoms with E-state index in [0.717, 1.165) is 42.7 Å². The van der Waals surface area contributed by atoms with Gasteiger partial charge in [0.1, 0.15) is 11.5 Å². The third-order valence-corrected chi connectivity index (χ3v) is 4.97. The third-order valence-electron chi connectivity index (χ3n) is 4.97. The first-order chi connectivity index (χ1) is 11.9. The van der Waals surface area contributed by atoms with Crippen LogP contribution in [0.15, 0.2) is 12.1 Å². The highest BCUT2D eigenvalue weighted by atomic mass is 16.3. The van der Waals surface area contributed by atoms with Crippen molar-refractivity contribution in [2.24, 2.45) is 11.8 Å². The number of hydrogen-bond donors (Lipinski definition) is 2. The summed E-state index contributed by atoms with van der Waals surface area (Å²) in [5, 5.41) is 20.5. The molecule has 0 amide bonds. The van der Waals surface area contributed by atoms with E-state index < -0.39 is 0 Å². The summed E-state index contributed by atoms with van der Waals surface area (Å²) >= 11 is 0. The minimum atomic E-state index is 0.275. The Morgan fingerprint density at radius 3 is 1.68 bits per heavy atom. The molecule has 0 aliphatic rings. The van der Waals surface area contributed by atoms with Gasteiger partial charge in [-0.05, 0) is 55.2 Å². The molecule has 2 nitrogen and oxygen atoms in total. The summed E-state index contributed by atoms with van der Waals surface area (Å²) in [7, 11) is 0. The Kier molecular flexibility index (Phi) is 10.7. The molecular weight excluding hydrogens is 308 g/mol. The molecule has 2 heteroatoms. The molecule has 0 aliphatic carbocycles. The highest BCUT2D eigenvalue weighted by Gasteiger charge is 2.10. The largest absolute Gasteiger partial charge is 0.508 e. The van der Waals surface area contributed by atoms with Gasteiger partial charge in [-0.2, -0.15) is 0 Å². The Bertz CT molecular complexity index is 454. The van der Waals surface area contributed by atoms with Crippen molar-refractivity contribution in [2.75, 3.05) is 0 Å². The SMILES string of the molecule is CC(C)CCCCCCCCc1c(O)cc(CCCC(C)C)cc1O. The van der Waals surface area contributed by atoms with Crippen LogP contribution in [0.1, 0.15) is 96.6 Å². The summed E-state index contributed by atoms with van der Waals surface area (Å²) in [4.78, 5) is 0. The van der Waals surface area contributed by atoms with Gasteiger partial charge in [-0.1, -0.05) is 72.6 Å². The van der Waals surface area contributed by atoms with E-state index in [1.807, 2.05) is 12.1 Å². The second kappa shape index (κ2) is 12.2. The Hall–Kier alpha value is -1.18.